The van der Waals surface area contributed by atoms with Crippen molar-refractivity contribution < 1.29 is 14.6 Å². The summed E-state index contributed by atoms with van der Waals surface area (Å²) in [6.07, 6.45) is 0. The van der Waals surface area contributed by atoms with Crippen LogP contribution in [0, 0.1) is 0 Å². The number of rotatable bonds is 4. The molecule has 5 nitrogen and oxygen atoms in total. The number of aromatic amines is 1. The summed E-state index contributed by atoms with van der Waals surface area (Å²) in [6.45, 7) is 4.32. The summed E-state index contributed by atoms with van der Waals surface area (Å²) in [5.74, 6) is -0.829. The first-order valence-corrected chi connectivity index (χ1v) is 8.08. The molecule has 126 valence electrons. The molecule has 2 aromatic carbocycles. The van der Waals surface area contributed by atoms with E-state index in [2.05, 4.69) is 9.97 Å². The van der Waals surface area contributed by atoms with Crippen molar-refractivity contribution in [1.29, 1.82) is 0 Å². The highest BCUT2D eigenvalue weighted by Gasteiger charge is 2.12. The Hall–Kier alpha value is -2.24. The molecule has 3 rings (SSSR count). The zero-order valence-electron chi connectivity index (χ0n) is 13.1. The number of halogens is 2. The second-order valence-electron chi connectivity index (χ2n) is 4.61. The molecule has 1 heterocycles. The Morgan fingerprint density at radius 1 is 1.21 bits per heavy atom. The van der Waals surface area contributed by atoms with Gasteiger partial charge < -0.3 is 14.8 Å². The third-order valence-corrected chi connectivity index (χ3v) is 3.59. The van der Waals surface area contributed by atoms with Gasteiger partial charge in [-0.3, -0.25) is 0 Å². The van der Waals surface area contributed by atoms with Gasteiger partial charge in [-0.25, -0.2) is 9.78 Å². The lowest BCUT2D eigenvalue weighted by Crippen LogP contribution is -1.97. The highest BCUT2D eigenvalue weighted by Crippen LogP contribution is 2.30. The number of aromatic carboxylic acids is 1. The molecule has 0 atom stereocenters. The fraction of sp³-hybridized carbons (Fsp3) is 0.176. The van der Waals surface area contributed by atoms with E-state index in [0.29, 0.717) is 33.4 Å². The van der Waals surface area contributed by atoms with Crippen molar-refractivity contribution in [2.75, 3.05) is 0 Å². The number of carboxylic acids is 1. The van der Waals surface area contributed by atoms with E-state index in [0.717, 1.165) is 5.56 Å². The van der Waals surface area contributed by atoms with Gasteiger partial charge in [0.25, 0.3) is 0 Å². The number of nitrogens with one attached hydrogen (secondary N) is 1. The summed E-state index contributed by atoms with van der Waals surface area (Å²) in [4.78, 5) is 17.6. The zero-order valence-corrected chi connectivity index (χ0v) is 14.6. The van der Waals surface area contributed by atoms with Gasteiger partial charge in [0.1, 0.15) is 12.4 Å². The maximum atomic E-state index is 10.9. The van der Waals surface area contributed by atoms with E-state index in [4.69, 9.17) is 33.0 Å². The van der Waals surface area contributed by atoms with E-state index < -0.39 is 5.97 Å². The molecule has 0 radical (unpaired) electrons. The summed E-state index contributed by atoms with van der Waals surface area (Å²) in [5.41, 5.74) is 1.96. The lowest BCUT2D eigenvalue weighted by Gasteiger charge is -2.08. The average Bonchev–Trinajstić information content (AvgIpc) is 2.99. The Balaban J connectivity index is 0.00000100. The maximum Gasteiger partial charge on any atom is 0.371 e. The minimum atomic E-state index is -1.13. The third kappa shape index (κ3) is 4.19. The van der Waals surface area contributed by atoms with Crippen molar-refractivity contribution in [1.82, 2.24) is 9.97 Å². The molecule has 0 saturated heterocycles. The molecule has 0 aliphatic heterocycles. The number of H-pyrrole nitrogens is 1. The van der Waals surface area contributed by atoms with Crippen LogP contribution < -0.4 is 4.74 Å². The van der Waals surface area contributed by atoms with Crippen LogP contribution in [0.5, 0.6) is 5.75 Å². The van der Waals surface area contributed by atoms with Gasteiger partial charge in [-0.2, -0.15) is 0 Å². The maximum absolute atomic E-state index is 10.9. The molecule has 7 heteroatoms. The Bertz CT molecular complexity index is 845. The molecular weight excluding hydrogens is 351 g/mol. The standard InChI is InChI=1S/C15H10Cl2N2O3.C2H6/c16-9-3-1-8(2-4-9)7-22-13-6-12-11(5-10(13)17)18-14(19-12)15(20)21;1-2/h1-6H,7H2,(H,18,19)(H,20,21);1-2H3. The normalized spacial score (nSPS) is 10.2. The summed E-state index contributed by atoms with van der Waals surface area (Å²) >= 11 is 12.0. The molecule has 0 aliphatic carbocycles. The van der Waals surface area contributed by atoms with Crippen LogP contribution in [0.1, 0.15) is 30.0 Å². The molecule has 0 unspecified atom stereocenters. The van der Waals surface area contributed by atoms with Gasteiger partial charge in [0.05, 0.1) is 16.1 Å². The number of benzene rings is 2. The number of nitrogens with zero attached hydrogens (tertiary/aromatic N) is 1. The predicted molar refractivity (Wildman–Crippen MR) is 95.2 cm³/mol. The van der Waals surface area contributed by atoms with Crippen LogP contribution in [0.15, 0.2) is 36.4 Å². The number of imidazole rings is 1. The number of hydrogen-bond acceptors (Lipinski definition) is 3. The van der Waals surface area contributed by atoms with Crippen molar-refractivity contribution in [3.63, 3.8) is 0 Å². The van der Waals surface area contributed by atoms with Gasteiger partial charge in [-0.1, -0.05) is 49.2 Å². The number of carboxylic acid groups (broad SMARTS) is 1. The predicted octanol–water partition coefficient (Wildman–Crippen LogP) is 5.17. The quantitative estimate of drug-likeness (QED) is 0.667. The first-order chi connectivity index (χ1) is 11.5. The second kappa shape index (κ2) is 8.04. The molecule has 24 heavy (non-hydrogen) atoms. The van der Waals surface area contributed by atoms with Crippen LogP contribution in [0.25, 0.3) is 11.0 Å². The van der Waals surface area contributed by atoms with Gasteiger partial charge in [0.2, 0.25) is 5.82 Å². The number of carbonyl (C=O) groups is 1. The molecule has 3 aromatic rings. The summed E-state index contributed by atoms with van der Waals surface area (Å²) in [6, 6.07) is 10.5. The first kappa shape index (κ1) is 18.1. The minimum absolute atomic E-state index is 0.138. The lowest BCUT2D eigenvalue weighted by atomic mass is 10.2. The van der Waals surface area contributed by atoms with Crippen molar-refractivity contribution in [3.05, 3.63) is 57.8 Å². The largest absolute Gasteiger partial charge is 0.487 e. The highest BCUT2D eigenvalue weighted by molar-refractivity contribution is 6.32. The number of aromatic nitrogens is 2. The SMILES string of the molecule is CC.O=C(O)c1nc2cc(OCc3ccc(Cl)cc3)c(Cl)cc2[nH]1. The van der Waals surface area contributed by atoms with Crippen LogP contribution in [0.3, 0.4) is 0 Å². The third-order valence-electron chi connectivity index (χ3n) is 3.05. The Labute approximate surface area is 149 Å². The molecule has 2 N–H and O–H groups in total. The topological polar surface area (TPSA) is 75.2 Å². The minimum Gasteiger partial charge on any atom is -0.487 e. The van der Waals surface area contributed by atoms with E-state index >= 15 is 0 Å². The Morgan fingerprint density at radius 3 is 2.50 bits per heavy atom. The fourth-order valence-electron chi connectivity index (χ4n) is 1.96. The second-order valence-corrected chi connectivity index (χ2v) is 5.45. The van der Waals surface area contributed by atoms with Gasteiger partial charge in [0, 0.05) is 11.1 Å². The van der Waals surface area contributed by atoms with E-state index in [1.165, 1.54) is 0 Å². The summed E-state index contributed by atoms with van der Waals surface area (Å²) in [5, 5.41) is 9.96. The van der Waals surface area contributed by atoms with Crippen LogP contribution >= 0.6 is 23.2 Å². The van der Waals surface area contributed by atoms with Crippen molar-refractivity contribution in [2.45, 2.75) is 20.5 Å². The van der Waals surface area contributed by atoms with Crippen LogP contribution in [0.2, 0.25) is 10.0 Å². The number of fused-ring (bicyclic) bond motifs is 1. The van der Waals surface area contributed by atoms with Crippen LogP contribution in [-0.2, 0) is 6.61 Å². The number of ether oxygens (including phenoxy) is 1. The Kier molecular flexibility index (Phi) is 6.06. The molecule has 0 spiro atoms. The van der Waals surface area contributed by atoms with Gasteiger partial charge >= 0.3 is 5.97 Å². The van der Waals surface area contributed by atoms with Crippen molar-refractivity contribution >= 4 is 40.2 Å². The highest BCUT2D eigenvalue weighted by atomic mass is 35.5. The molecular formula is C17H16Cl2N2O3. The van der Waals surface area contributed by atoms with Crippen molar-refractivity contribution in [3.8, 4) is 5.75 Å². The molecule has 0 saturated carbocycles. The van der Waals surface area contributed by atoms with E-state index in [-0.39, 0.29) is 5.82 Å². The monoisotopic (exact) mass is 366 g/mol. The van der Waals surface area contributed by atoms with E-state index in [9.17, 15) is 4.79 Å². The molecule has 0 bridgehead atoms. The summed E-state index contributed by atoms with van der Waals surface area (Å²) < 4.78 is 5.66. The number of hydrogen-bond donors (Lipinski definition) is 2. The lowest BCUT2D eigenvalue weighted by molar-refractivity contribution is 0.0685. The summed E-state index contributed by atoms with van der Waals surface area (Å²) in [7, 11) is 0. The van der Waals surface area contributed by atoms with Gasteiger partial charge in [-0.05, 0) is 23.8 Å². The molecule has 0 amide bonds. The van der Waals surface area contributed by atoms with E-state index in [1.54, 1.807) is 24.3 Å². The smallest absolute Gasteiger partial charge is 0.371 e. The molecule has 1 aromatic heterocycles. The zero-order chi connectivity index (χ0) is 17.7. The van der Waals surface area contributed by atoms with Crippen LogP contribution in [-0.4, -0.2) is 21.0 Å². The fourth-order valence-corrected chi connectivity index (χ4v) is 2.31. The Morgan fingerprint density at radius 2 is 1.88 bits per heavy atom. The van der Waals surface area contributed by atoms with Gasteiger partial charge in [-0.15, -0.1) is 0 Å². The van der Waals surface area contributed by atoms with Gasteiger partial charge in [0.15, 0.2) is 0 Å². The van der Waals surface area contributed by atoms with E-state index in [1.807, 2.05) is 26.0 Å². The molecule has 0 fully saturated rings. The molecule has 0 aliphatic rings. The van der Waals surface area contributed by atoms with Crippen molar-refractivity contribution in [2.24, 2.45) is 0 Å². The first-order valence-electron chi connectivity index (χ1n) is 7.33. The average molecular weight is 367 g/mol. The van der Waals surface area contributed by atoms with Crippen LogP contribution in [0.4, 0.5) is 0 Å².